The van der Waals surface area contributed by atoms with Gasteiger partial charge >= 0.3 is 0 Å². The number of fused-ring (bicyclic) bond motifs is 1. The van der Waals surface area contributed by atoms with Crippen LogP contribution in [0.4, 0.5) is 5.69 Å². The van der Waals surface area contributed by atoms with Crippen molar-refractivity contribution in [3.05, 3.63) is 41.6 Å². The molecule has 1 aliphatic heterocycles. The van der Waals surface area contributed by atoms with Crippen molar-refractivity contribution >= 4 is 5.69 Å². The number of nitrogens with one attached hydrogen (secondary N) is 1. The predicted octanol–water partition coefficient (Wildman–Crippen LogP) is 3.83. The van der Waals surface area contributed by atoms with E-state index < -0.39 is 6.50 Å². The zero-order chi connectivity index (χ0) is 15.5. The first-order chi connectivity index (χ1) is 9.97. The summed E-state index contributed by atoms with van der Waals surface area (Å²) >= 11 is 0. The fourth-order valence-corrected chi connectivity index (χ4v) is 2.58. The summed E-state index contributed by atoms with van der Waals surface area (Å²) in [7, 11) is 0. The van der Waals surface area contributed by atoms with Gasteiger partial charge < -0.3 is 10.2 Å². The number of nitrogens with zero attached hydrogens (tertiary/aromatic N) is 1. The number of aryl methyl sites for hydroxylation is 1. The van der Waals surface area contributed by atoms with Crippen LogP contribution in [0.5, 0.6) is 0 Å². The second-order valence-electron chi connectivity index (χ2n) is 5.17. The standard InChI is InChI=1S/C17H26N2/c1-4-10-19(11-5-2)12-9-15-7-6-8-17-16(15)13-14(3)18-17/h6-8,18H,3-5,9-13H2,1-2H3/i12D2. The average molecular weight is 260 g/mol. The lowest BCUT2D eigenvalue weighted by Gasteiger charge is -2.21. The van der Waals surface area contributed by atoms with E-state index >= 15 is 0 Å². The van der Waals surface area contributed by atoms with Gasteiger partial charge in [-0.2, -0.15) is 0 Å². The molecule has 0 spiro atoms. The molecule has 1 aliphatic rings. The van der Waals surface area contributed by atoms with Crippen molar-refractivity contribution in [2.45, 2.75) is 39.5 Å². The molecule has 0 unspecified atom stereocenters. The minimum atomic E-state index is -1.30. The van der Waals surface area contributed by atoms with Gasteiger partial charge in [0.05, 0.1) is 0 Å². The molecule has 0 saturated carbocycles. The summed E-state index contributed by atoms with van der Waals surface area (Å²) in [4.78, 5) is 1.98. The number of hydrogen-bond acceptors (Lipinski definition) is 2. The fourth-order valence-electron chi connectivity index (χ4n) is 2.58. The van der Waals surface area contributed by atoms with Gasteiger partial charge in [0.15, 0.2) is 0 Å². The topological polar surface area (TPSA) is 15.3 Å². The Bertz CT molecular complexity index is 506. The van der Waals surface area contributed by atoms with Crippen LogP contribution in [-0.4, -0.2) is 24.5 Å². The molecule has 0 aromatic heterocycles. The van der Waals surface area contributed by atoms with Gasteiger partial charge in [-0.25, -0.2) is 0 Å². The highest BCUT2D eigenvalue weighted by molar-refractivity contribution is 5.64. The van der Waals surface area contributed by atoms with Gasteiger partial charge in [0.2, 0.25) is 0 Å². The van der Waals surface area contributed by atoms with E-state index in [-0.39, 0.29) is 0 Å². The number of hydrogen-bond donors (Lipinski definition) is 1. The molecule has 0 saturated heterocycles. The second-order valence-corrected chi connectivity index (χ2v) is 5.17. The lowest BCUT2D eigenvalue weighted by atomic mass is 10.0. The molecular weight excluding hydrogens is 232 g/mol. The lowest BCUT2D eigenvalue weighted by molar-refractivity contribution is 0.278. The van der Waals surface area contributed by atoms with E-state index in [1.54, 1.807) is 0 Å². The summed E-state index contributed by atoms with van der Waals surface area (Å²) in [6.07, 6.45) is 3.20. The quantitative estimate of drug-likeness (QED) is 0.801. The van der Waals surface area contributed by atoms with Crippen LogP contribution < -0.4 is 5.32 Å². The highest BCUT2D eigenvalue weighted by Crippen LogP contribution is 2.30. The summed E-state index contributed by atoms with van der Waals surface area (Å²) in [5.74, 6) is 0. The van der Waals surface area contributed by atoms with Gasteiger partial charge in [0.25, 0.3) is 0 Å². The Kier molecular flexibility index (Phi) is 4.11. The van der Waals surface area contributed by atoms with Crippen LogP contribution in [0.25, 0.3) is 0 Å². The van der Waals surface area contributed by atoms with Gasteiger partial charge in [0, 0.05) is 27.0 Å². The monoisotopic (exact) mass is 260 g/mol. The van der Waals surface area contributed by atoms with Crippen molar-refractivity contribution in [3.8, 4) is 0 Å². The third kappa shape index (κ3) is 3.60. The van der Waals surface area contributed by atoms with Crippen molar-refractivity contribution in [2.75, 3.05) is 24.9 Å². The Labute approximate surface area is 120 Å². The van der Waals surface area contributed by atoms with Crippen molar-refractivity contribution in [1.82, 2.24) is 4.90 Å². The molecule has 0 radical (unpaired) electrons. The molecule has 2 nitrogen and oxygen atoms in total. The van der Waals surface area contributed by atoms with Crippen molar-refractivity contribution in [1.29, 1.82) is 0 Å². The molecule has 2 heteroatoms. The predicted molar refractivity (Wildman–Crippen MR) is 83.6 cm³/mol. The third-order valence-electron chi connectivity index (χ3n) is 3.45. The van der Waals surface area contributed by atoms with Crippen LogP contribution in [-0.2, 0) is 12.8 Å². The zero-order valence-electron chi connectivity index (χ0n) is 14.1. The van der Waals surface area contributed by atoms with Crippen LogP contribution in [0.2, 0.25) is 0 Å². The molecule has 0 bridgehead atoms. The molecule has 1 N–H and O–H groups in total. The number of rotatable bonds is 7. The minimum absolute atomic E-state index is 0.436. The maximum atomic E-state index is 8.49. The van der Waals surface area contributed by atoms with Crippen LogP contribution in [0.1, 0.15) is 40.6 Å². The maximum Gasteiger partial charge on any atom is 0.0434 e. The van der Waals surface area contributed by atoms with Crippen LogP contribution in [0, 0.1) is 0 Å². The number of benzene rings is 1. The molecule has 0 atom stereocenters. The summed E-state index contributed by atoms with van der Waals surface area (Å²) in [5, 5.41) is 3.27. The average Bonchev–Trinajstić information content (AvgIpc) is 2.80. The second kappa shape index (κ2) is 6.76. The normalized spacial score (nSPS) is 16.1. The van der Waals surface area contributed by atoms with E-state index in [2.05, 4.69) is 25.7 Å². The van der Waals surface area contributed by atoms with Crippen LogP contribution >= 0.6 is 0 Å². The zero-order valence-corrected chi connectivity index (χ0v) is 12.1. The first-order valence-electron chi connectivity index (χ1n) is 8.28. The first kappa shape index (κ1) is 11.5. The van der Waals surface area contributed by atoms with Gasteiger partial charge in [-0.15, -0.1) is 0 Å². The van der Waals surface area contributed by atoms with Crippen molar-refractivity contribution in [3.63, 3.8) is 0 Å². The molecule has 104 valence electrons. The first-order valence-corrected chi connectivity index (χ1v) is 7.28. The fraction of sp³-hybridized carbons (Fsp3) is 0.529. The Morgan fingerprint density at radius 3 is 2.74 bits per heavy atom. The van der Waals surface area contributed by atoms with E-state index in [4.69, 9.17) is 2.74 Å². The molecule has 0 amide bonds. The molecule has 1 aromatic rings. The van der Waals surface area contributed by atoms with Crippen molar-refractivity contribution in [2.24, 2.45) is 0 Å². The van der Waals surface area contributed by atoms with Gasteiger partial charge in [0.1, 0.15) is 0 Å². The summed E-state index contributed by atoms with van der Waals surface area (Å²) in [6, 6.07) is 6.09. The maximum absolute atomic E-state index is 8.49. The van der Waals surface area contributed by atoms with Crippen molar-refractivity contribution < 1.29 is 2.74 Å². The van der Waals surface area contributed by atoms with E-state index in [0.29, 0.717) is 6.42 Å². The Balaban J connectivity index is 2.20. The minimum Gasteiger partial charge on any atom is -0.359 e. The Morgan fingerprint density at radius 1 is 1.32 bits per heavy atom. The highest BCUT2D eigenvalue weighted by atomic mass is 15.1. The molecule has 0 fully saturated rings. The molecule has 0 aliphatic carbocycles. The smallest absolute Gasteiger partial charge is 0.0434 e. The van der Waals surface area contributed by atoms with E-state index in [1.807, 2.05) is 23.1 Å². The number of allylic oxidation sites excluding steroid dienone is 1. The SMILES string of the molecule is [2H]C([2H])(Cc1cccc2c1CC(=C)N2)N(CCC)CCC. The highest BCUT2D eigenvalue weighted by Gasteiger charge is 2.16. The molecule has 1 aromatic carbocycles. The summed E-state index contributed by atoms with van der Waals surface area (Å²) in [6.45, 7) is 8.51. The molecule has 1 heterocycles. The Hall–Kier alpha value is -1.28. The van der Waals surface area contributed by atoms with Gasteiger partial charge in [-0.1, -0.05) is 32.6 Å². The van der Waals surface area contributed by atoms with Crippen LogP contribution in [0.15, 0.2) is 30.5 Å². The molecular formula is C17H26N2. The summed E-state index contributed by atoms with van der Waals surface area (Å²) < 4.78 is 17.0. The van der Waals surface area contributed by atoms with Gasteiger partial charge in [-0.3, -0.25) is 0 Å². The molecule has 2 rings (SSSR count). The Morgan fingerprint density at radius 2 is 2.05 bits per heavy atom. The van der Waals surface area contributed by atoms with E-state index in [0.717, 1.165) is 49.3 Å². The number of anilines is 1. The lowest BCUT2D eigenvalue weighted by Crippen LogP contribution is -2.27. The third-order valence-corrected chi connectivity index (χ3v) is 3.45. The summed E-state index contributed by atoms with van der Waals surface area (Å²) in [5.41, 5.74) is 4.39. The molecule has 19 heavy (non-hydrogen) atoms. The van der Waals surface area contributed by atoms with E-state index in [1.165, 1.54) is 5.56 Å². The largest absolute Gasteiger partial charge is 0.359 e. The van der Waals surface area contributed by atoms with E-state index in [9.17, 15) is 0 Å². The van der Waals surface area contributed by atoms with Gasteiger partial charge in [-0.05, 0) is 49.5 Å². The van der Waals surface area contributed by atoms with Crippen LogP contribution in [0.3, 0.4) is 0 Å².